The number of nitrogens with two attached hydrogens (primary N) is 1. The van der Waals surface area contributed by atoms with Crippen LogP contribution in [0.5, 0.6) is 0 Å². The molecule has 0 heterocycles. The molecule has 5 atom stereocenters. The number of nitrogens with one attached hydrogen (secondary N) is 1. The minimum atomic E-state index is -0.786. The van der Waals surface area contributed by atoms with Crippen molar-refractivity contribution >= 4 is 11.9 Å². The van der Waals surface area contributed by atoms with Crippen molar-refractivity contribution in [2.75, 3.05) is 0 Å². The fourth-order valence-electron chi connectivity index (χ4n) is 3.42. The Morgan fingerprint density at radius 3 is 2.44 bits per heavy atom. The van der Waals surface area contributed by atoms with Crippen molar-refractivity contribution in [1.82, 2.24) is 5.32 Å². The summed E-state index contributed by atoms with van der Waals surface area (Å²) < 4.78 is 0. The lowest BCUT2D eigenvalue weighted by molar-refractivity contribution is -0.144. The number of rotatable bonds is 4. The quantitative estimate of drug-likeness (QED) is 0.684. The second-order valence-corrected chi connectivity index (χ2v) is 6.00. The molecule has 0 aromatic carbocycles. The standard InChI is InChI=1S/C13H22N2O3/c1-6(2)10(14)12(16)15-11-8-4-3-7(5-8)9(11)13(17)18/h6-11H,3-5,14H2,1-2H3,(H,15,16)(H,17,18). The molecule has 0 radical (unpaired) electrons. The predicted molar refractivity (Wildman–Crippen MR) is 66.7 cm³/mol. The van der Waals surface area contributed by atoms with E-state index < -0.39 is 17.9 Å². The predicted octanol–water partition coefficient (Wildman–Crippen LogP) is 0.585. The molecule has 1 amide bonds. The summed E-state index contributed by atoms with van der Waals surface area (Å²) in [6.07, 6.45) is 2.93. The van der Waals surface area contributed by atoms with E-state index in [1.807, 2.05) is 13.8 Å². The molecule has 0 aliphatic heterocycles. The largest absolute Gasteiger partial charge is 0.481 e. The molecule has 0 aromatic heterocycles. The highest BCUT2D eigenvalue weighted by Gasteiger charge is 2.51. The summed E-state index contributed by atoms with van der Waals surface area (Å²) in [5, 5.41) is 12.2. The van der Waals surface area contributed by atoms with Crippen LogP contribution in [0.3, 0.4) is 0 Å². The van der Waals surface area contributed by atoms with Crippen LogP contribution >= 0.6 is 0 Å². The third-order valence-corrected chi connectivity index (χ3v) is 4.53. The lowest BCUT2D eigenvalue weighted by Gasteiger charge is -2.30. The van der Waals surface area contributed by atoms with E-state index in [2.05, 4.69) is 5.32 Å². The third kappa shape index (κ3) is 2.23. The van der Waals surface area contributed by atoms with E-state index in [-0.39, 0.29) is 23.8 Å². The van der Waals surface area contributed by atoms with Gasteiger partial charge < -0.3 is 16.2 Å². The van der Waals surface area contributed by atoms with E-state index in [4.69, 9.17) is 5.73 Å². The lowest BCUT2D eigenvalue weighted by Crippen LogP contribution is -2.53. The van der Waals surface area contributed by atoms with Crippen molar-refractivity contribution in [2.45, 2.75) is 45.2 Å². The topological polar surface area (TPSA) is 92.4 Å². The summed E-state index contributed by atoms with van der Waals surface area (Å²) >= 11 is 0. The van der Waals surface area contributed by atoms with Gasteiger partial charge in [0.05, 0.1) is 12.0 Å². The first-order chi connectivity index (χ1) is 8.41. The molecule has 0 spiro atoms. The Morgan fingerprint density at radius 2 is 1.89 bits per heavy atom. The first-order valence-corrected chi connectivity index (χ1v) is 6.70. The summed E-state index contributed by atoms with van der Waals surface area (Å²) in [6, 6.07) is -0.780. The molecule has 2 rings (SSSR count). The summed E-state index contributed by atoms with van der Waals surface area (Å²) in [6.45, 7) is 3.78. The number of hydrogen-bond acceptors (Lipinski definition) is 3. The highest BCUT2D eigenvalue weighted by molar-refractivity contribution is 5.83. The second kappa shape index (κ2) is 4.88. The normalized spacial score (nSPS) is 35.8. The Kier molecular flexibility index (Phi) is 3.61. The average molecular weight is 254 g/mol. The number of carboxylic acid groups (broad SMARTS) is 1. The Morgan fingerprint density at radius 1 is 1.28 bits per heavy atom. The average Bonchev–Trinajstić information content (AvgIpc) is 2.87. The maximum absolute atomic E-state index is 12.0. The third-order valence-electron chi connectivity index (χ3n) is 4.53. The van der Waals surface area contributed by atoms with Crippen molar-refractivity contribution in [1.29, 1.82) is 0 Å². The SMILES string of the molecule is CC(C)C(N)C(=O)NC1C2CCC(C2)C1C(=O)O. The second-order valence-electron chi connectivity index (χ2n) is 6.00. The van der Waals surface area contributed by atoms with Crippen molar-refractivity contribution in [2.24, 2.45) is 29.4 Å². The van der Waals surface area contributed by atoms with E-state index in [0.29, 0.717) is 5.92 Å². The minimum absolute atomic E-state index is 0.0619. The van der Waals surface area contributed by atoms with Crippen LogP contribution in [0.25, 0.3) is 0 Å². The van der Waals surface area contributed by atoms with Gasteiger partial charge in [0.1, 0.15) is 0 Å². The fraction of sp³-hybridized carbons (Fsp3) is 0.846. The van der Waals surface area contributed by atoms with Crippen LogP contribution in [-0.2, 0) is 9.59 Å². The number of carbonyl (C=O) groups excluding carboxylic acids is 1. The van der Waals surface area contributed by atoms with Gasteiger partial charge in [0.15, 0.2) is 0 Å². The van der Waals surface area contributed by atoms with Gasteiger partial charge >= 0.3 is 5.97 Å². The zero-order chi connectivity index (χ0) is 13.4. The number of carboxylic acids is 1. The van der Waals surface area contributed by atoms with Crippen molar-refractivity contribution in [3.63, 3.8) is 0 Å². The smallest absolute Gasteiger partial charge is 0.308 e. The van der Waals surface area contributed by atoms with Crippen LogP contribution < -0.4 is 11.1 Å². The Balaban J connectivity index is 2.04. The highest BCUT2D eigenvalue weighted by atomic mass is 16.4. The molecule has 2 saturated carbocycles. The summed E-state index contributed by atoms with van der Waals surface area (Å²) in [4.78, 5) is 23.3. The zero-order valence-electron chi connectivity index (χ0n) is 10.9. The molecule has 2 fully saturated rings. The van der Waals surface area contributed by atoms with Crippen molar-refractivity contribution < 1.29 is 14.7 Å². The van der Waals surface area contributed by atoms with E-state index in [1.54, 1.807) is 0 Å². The van der Waals surface area contributed by atoms with Gasteiger partial charge in [0.2, 0.25) is 5.91 Å². The minimum Gasteiger partial charge on any atom is -0.481 e. The van der Waals surface area contributed by atoms with Crippen molar-refractivity contribution in [3.05, 3.63) is 0 Å². The van der Waals surface area contributed by atoms with Crippen LogP contribution in [0.15, 0.2) is 0 Å². The Bertz CT molecular complexity index is 356. The molecule has 2 aliphatic rings. The van der Waals surface area contributed by atoms with Gasteiger partial charge in [-0.1, -0.05) is 13.8 Å². The van der Waals surface area contributed by atoms with E-state index >= 15 is 0 Å². The van der Waals surface area contributed by atoms with Crippen LogP contribution in [0.2, 0.25) is 0 Å². The molecule has 5 heteroatoms. The van der Waals surface area contributed by atoms with E-state index in [0.717, 1.165) is 19.3 Å². The van der Waals surface area contributed by atoms with E-state index in [1.165, 1.54) is 0 Å². The monoisotopic (exact) mass is 254 g/mol. The van der Waals surface area contributed by atoms with Gasteiger partial charge in [-0.25, -0.2) is 0 Å². The number of amides is 1. The molecular formula is C13H22N2O3. The Labute approximate surface area is 107 Å². The lowest BCUT2D eigenvalue weighted by atomic mass is 9.84. The molecule has 5 nitrogen and oxygen atoms in total. The molecule has 5 unspecified atom stereocenters. The van der Waals surface area contributed by atoms with Gasteiger partial charge in [0.25, 0.3) is 0 Å². The molecule has 102 valence electrons. The molecule has 0 saturated heterocycles. The first-order valence-electron chi connectivity index (χ1n) is 6.70. The molecule has 2 bridgehead atoms. The van der Waals surface area contributed by atoms with Gasteiger partial charge in [-0.2, -0.15) is 0 Å². The first kappa shape index (κ1) is 13.3. The summed E-state index contributed by atoms with van der Waals surface area (Å²) in [7, 11) is 0. The number of carbonyl (C=O) groups is 2. The van der Waals surface area contributed by atoms with Gasteiger partial charge in [-0.15, -0.1) is 0 Å². The zero-order valence-corrected chi connectivity index (χ0v) is 10.9. The number of aliphatic carboxylic acids is 1. The van der Waals surface area contributed by atoms with Crippen molar-refractivity contribution in [3.8, 4) is 0 Å². The number of fused-ring (bicyclic) bond motifs is 2. The van der Waals surface area contributed by atoms with Crippen LogP contribution in [-0.4, -0.2) is 29.1 Å². The fourth-order valence-corrected chi connectivity index (χ4v) is 3.42. The molecule has 18 heavy (non-hydrogen) atoms. The maximum Gasteiger partial charge on any atom is 0.308 e. The van der Waals surface area contributed by atoms with Crippen LogP contribution in [0.1, 0.15) is 33.1 Å². The van der Waals surface area contributed by atoms with Gasteiger partial charge in [-0.05, 0) is 37.0 Å². The highest BCUT2D eigenvalue weighted by Crippen LogP contribution is 2.48. The molecule has 0 aromatic rings. The Hall–Kier alpha value is -1.10. The van der Waals surface area contributed by atoms with E-state index in [9.17, 15) is 14.7 Å². The molecule has 2 aliphatic carbocycles. The maximum atomic E-state index is 12.0. The molecule has 4 N–H and O–H groups in total. The van der Waals surface area contributed by atoms with Crippen LogP contribution in [0.4, 0.5) is 0 Å². The van der Waals surface area contributed by atoms with Gasteiger partial charge in [0, 0.05) is 6.04 Å². The number of hydrogen-bond donors (Lipinski definition) is 3. The molecular weight excluding hydrogens is 232 g/mol. The van der Waals surface area contributed by atoms with Gasteiger partial charge in [-0.3, -0.25) is 9.59 Å². The van der Waals surface area contributed by atoms with Crippen LogP contribution in [0, 0.1) is 23.7 Å². The summed E-state index contributed by atoms with van der Waals surface area (Å²) in [5.41, 5.74) is 5.80. The summed E-state index contributed by atoms with van der Waals surface area (Å²) in [5.74, 6) is -0.814.